The summed E-state index contributed by atoms with van der Waals surface area (Å²) in [6.45, 7) is 2.00. The molecule has 0 fully saturated rings. The third-order valence-corrected chi connectivity index (χ3v) is 3.20. The summed E-state index contributed by atoms with van der Waals surface area (Å²) < 4.78 is 12.9. The van der Waals surface area contributed by atoms with Gasteiger partial charge in [-0.2, -0.15) is 0 Å². The van der Waals surface area contributed by atoms with E-state index in [1.54, 1.807) is 18.2 Å². The van der Waals surface area contributed by atoms with Crippen molar-refractivity contribution in [2.24, 2.45) is 4.99 Å². The van der Waals surface area contributed by atoms with Crippen molar-refractivity contribution >= 4 is 17.8 Å². The Balaban J connectivity index is 1.91. The monoisotopic (exact) mass is 280 g/mol. The van der Waals surface area contributed by atoms with E-state index < -0.39 is 0 Å². The van der Waals surface area contributed by atoms with Crippen LogP contribution >= 0.6 is 0 Å². The van der Waals surface area contributed by atoms with Gasteiger partial charge in [-0.1, -0.05) is 29.8 Å². The number of aliphatic imine (C=N–C) groups is 1. The van der Waals surface area contributed by atoms with Crippen molar-refractivity contribution in [2.45, 2.75) is 6.92 Å². The first-order chi connectivity index (χ1) is 10.1. The van der Waals surface area contributed by atoms with E-state index in [9.17, 15) is 9.18 Å². The number of hydrogen-bond acceptors (Lipinski definition) is 2. The van der Waals surface area contributed by atoms with Gasteiger partial charge in [0.2, 0.25) is 0 Å². The Kier molecular flexibility index (Phi) is 3.36. The molecule has 1 aliphatic heterocycles. The van der Waals surface area contributed by atoms with Gasteiger partial charge in [0, 0.05) is 5.56 Å². The lowest BCUT2D eigenvalue weighted by Gasteiger charge is -1.99. The number of carbonyl (C=O) groups is 1. The van der Waals surface area contributed by atoms with Gasteiger partial charge in [0.05, 0.1) is 0 Å². The van der Waals surface area contributed by atoms with Gasteiger partial charge in [-0.25, -0.2) is 9.38 Å². The summed E-state index contributed by atoms with van der Waals surface area (Å²) in [6.07, 6.45) is 1.73. The molecule has 1 N–H and O–H groups in total. The van der Waals surface area contributed by atoms with Gasteiger partial charge in [0.25, 0.3) is 5.91 Å². The Morgan fingerprint density at radius 3 is 2.38 bits per heavy atom. The summed E-state index contributed by atoms with van der Waals surface area (Å²) in [7, 11) is 0. The molecule has 21 heavy (non-hydrogen) atoms. The summed E-state index contributed by atoms with van der Waals surface area (Å²) in [5, 5.41) is 2.69. The second-order valence-electron chi connectivity index (χ2n) is 4.86. The van der Waals surface area contributed by atoms with E-state index in [0.29, 0.717) is 17.1 Å². The fourth-order valence-electron chi connectivity index (χ4n) is 2.03. The minimum absolute atomic E-state index is 0.255. The predicted molar refractivity (Wildman–Crippen MR) is 80.2 cm³/mol. The number of aryl methyl sites for hydroxylation is 1. The minimum Gasteiger partial charge on any atom is -0.305 e. The number of amidine groups is 1. The lowest BCUT2D eigenvalue weighted by Crippen LogP contribution is -2.24. The normalized spacial score (nSPS) is 16.0. The lowest BCUT2D eigenvalue weighted by atomic mass is 10.1. The number of benzene rings is 2. The molecule has 0 spiro atoms. The van der Waals surface area contributed by atoms with Gasteiger partial charge in [-0.15, -0.1) is 0 Å². The highest BCUT2D eigenvalue weighted by Gasteiger charge is 2.20. The first kappa shape index (κ1) is 13.2. The molecule has 1 amide bonds. The molecule has 4 heteroatoms. The third kappa shape index (κ3) is 2.89. The van der Waals surface area contributed by atoms with Crippen LogP contribution in [0.4, 0.5) is 4.39 Å². The molecule has 2 aromatic rings. The molecule has 0 aliphatic carbocycles. The van der Waals surface area contributed by atoms with Crippen molar-refractivity contribution in [2.75, 3.05) is 0 Å². The van der Waals surface area contributed by atoms with Crippen LogP contribution in [0.15, 0.2) is 59.2 Å². The van der Waals surface area contributed by atoms with E-state index in [2.05, 4.69) is 10.3 Å². The van der Waals surface area contributed by atoms with E-state index in [1.165, 1.54) is 12.1 Å². The molecule has 0 atom stereocenters. The van der Waals surface area contributed by atoms with Crippen LogP contribution in [0.2, 0.25) is 0 Å². The molecule has 0 aromatic heterocycles. The maximum absolute atomic E-state index is 12.9. The summed E-state index contributed by atoms with van der Waals surface area (Å²) in [5.41, 5.74) is 3.09. The highest BCUT2D eigenvalue weighted by Crippen LogP contribution is 2.15. The standard InChI is InChI=1S/C17H13FN2O/c1-11-2-4-12(5-3-11)10-15-17(21)20-16(19-15)13-6-8-14(18)9-7-13/h2-10H,1H3,(H,19,20,21)/b15-10+. The Labute approximate surface area is 121 Å². The van der Waals surface area contributed by atoms with Crippen molar-refractivity contribution < 1.29 is 9.18 Å². The van der Waals surface area contributed by atoms with Crippen molar-refractivity contribution in [3.63, 3.8) is 0 Å². The maximum atomic E-state index is 12.9. The number of rotatable bonds is 2. The average molecular weight is 280 g/mol. The molecule has 0 radical (unpaired) electrons. The Hall–Kier alpha value is -2.75. The van der Waals surface area contributed by atoms with Crippen LogP contribution in [-0.4, -0.2) is 11.7 Å². The lowest BCUT2D eigenvalue weighted by molar-refractivity contribution is -0.115. The zero-order chi connectivity index (χ0) is 14.8. The SMILES string of the molecule is Cc1ccc(/C=C2/N=C(c3ccc(F)cc3)NC2=O)cc1. The highest BCUT2D eigenvalue weighted by atomic mass is 19.1. The quantitative estimate of drug-likeness (QED) is 0.844. The third-order valence-electron chi connectivity index (χ3n) is 3.20. The van der Waals surface area contributed by atoms with Crippen LogP contribution in [0, 0.1) is 12.7 Å². The predicted octanol–water partition coefficient (Wildman–Crippen LogP) is 3.05. The summed E-state index contributed by atoms with van der Waals surface area (Å²) >= 11 is 0. The van der Waals surface area contributed by atoms with Crippen LogP contribution in [0.3, 0.4) is 0 Å². The Morgan fingerprint density at radius 2 is 1.71 bits per heavy atom. The van der Waals surface area contributed by atoms with E-state index in [1.807, 2.05) is 31.2 Å². The Morgan fingerprint density at radius 1 is 1.05 bits per heavy atom. The van der Waals surface area contributed by atoms with Crippen molar-refractivity contribution in [1.82, 2.24) is 5.32 Å². The van der Waals surface area contributed by atoms with Crippen molar-refractivity contribution in [3.05, 3.63) is 76.7 Å². The van der Waals surface area contributed by atoms with Gasteiger partial charge >= 0.3 is 0 Å². The smallest absolute Gasteiger partial charge is 0.275 e. The number of nitrogens with one attached hydrogen (secondary N) is 1. The highest BCUT2D eigenvalue weighted by molar-refractivity contribution is 6.19. The van der Waals surface area contributed by atoms with Crippen molar-refractivity contribution in [1.29, 1.82) is 0 Å². The van der Waals surface area contributed by atoms with E-state index >= 15 is 0 Å². The largest absolute Gasteiger partial charge is 0.305 e. The van der Waals surface area contributed by atoms with Gasteiger partial charge in [0.15, 0.2) is 0 Å². The number of carbonyl (C=O) groups excluding carboxylic acids is 1. The summed E-state index contributed by atoms with van der Waals surface area (Å²) in [6, 6.07) is 13.7. The van der Waals surface area contributed by atoms with Gasteiger partial charge in [-0.3, -0.25) is 4.79 Å². The molecule has 0 saturated heterocycles. The van der Waals surface area contributed by atoms with Crippen LogP contribution in [-0.2, 0) is 4.79 Å². The minimum atomic E-state index is -0.320. The van der Waals surface area contributed by atoms with Crippen LogP contribution < -0.4 is 5.32 Å². The fourth-order valence-corrected chi connectivity index (χ4v) is 2.03. The molecular weight excluding hydrogens is 267 g/mol. The molecule has 0 unspecified atom stereocenters. The first-order valence-electron chi connectivity index (χ1n) is 6.56. The second kappa shape index (κ2) is 5.32. The van der Waals surface area contributed by atoms with E-state index in [4.69, 9.17) is 0 Å². The molecular formula is C17H13FN2O. The van der Waals surface area contributed by atoms with Crippen molar-refractivity contribution in [3.8, 4) is 0 Å². The van der Waals surface area contributed by atoms with Gasteiger partial charge in [-0.05, 0) is 42.8 Å². The van der Waals surface area contributed by atoms with Gasteiger partial charge in [0.1, 0.15) is 17.3 Å². The molecule has 0 bridgehead atoms. The molecule has 1 heterocycles. The maximum Gasteiger partial charge on any atom is 0.275 e. The molecule has 1 aliphatic rings. The Bertz CT molecular complexity index is 743. The average Bonchev–Trinajstić information content (AvgIpc) is 2.83. The number of amides is 1. The number of nitrogens with zero attached hydrogens (tertiary/aromatic N) is 1. The zero-order valence-electron chi connectivity index (χ0n) is 11.4. The van der Waals surface area contributed by atoms with Crippen LogP contribution in [0.5, 0.6) is 0 Å². The number of hydrogen-bond donors (Lipinski definition) is 1. The second-order valence-corrected chi connectivity index (χ2v) is 4.86. The molecule has 3 rings (SSSR count). The molecule has 0 saturated carbocycles. The first-order valence-corrected chi connectivity index (χ1v) is 6.56. The molecule has 3 nitrogen and oxygen atoms in total. The van der Waals surface area contributed by atoms with E-state index in [-0.39, 0.29) is 11.7 Å². The van der Waals surface area contributed by atoms with Crippen LogP contribution in [0.1, 0.15) is 16.7 Å². The van der Waals surface area contributed by atoms with Gasteiger partial charge < -0.3 is 5.32 Å². The molecule has 104 valence electrons. The van der Waals surface area contributed by atoms with Crippen LogP contribution in [0.25, 0.3) is 6.08 Å². The summed E-state index contributed by atoms with van der Waals surface area (Å²) in [5.74, 6) is -0.132. The zero-order valence-corrected chi connectivity index (χ0v) is 11.4. The summed E-state index contributed by atoms with van der Waals surface area (Å²) in [4.78, 5) is 16.2. The molecule has 2 aromatic carbocycles. The van der Waals surface area contributed by atoms with E-state index in [0.717, 1.165) is 11.1 Å². The topological polar surface area (TPSA) is 41.5 Å². The fraction of sp³-hybridized carbons (Fsp3) is 0.0588. The number of halogens is 1.